The van der Waals surface area contributed by atoms with Crippen molar-refractivity contribution in [1.82, 2.24) is 0 Å². The van der Waals surface area contributed by atoms with E-state index in [2.05, 4.69) is 19.6 Å². The van der Waals surface area contributed by atoms with Crippen LogP contribution < -0.4 is 5.73 Å². The van der Waals surface area contributed by atoms with Crippen molar-refractivity contribution >= 4 is 0 Å². The summed E-state index contributed by atoms with van der Waals surface area (Å²) in [5.74, 6) is 2.06. The van der Waals surface area contributed by atoms with Crippen LogP contribution in [0.15, 0.2) is 0 Å². The van der Waals surface area contributed by atoms with Gasteiger partial charge in [0.05, 0.1) is 0 Å². The first-order valence-electron chi connectivity index (χ1n) is 5.38. The number of nitrogens with two attached hydrogens (primary N) is 1. The van der Waals surface area contributed by atoms with Crippen molar-refractivity contribution in [2.75, 3.05) is 7.05 Å². The standard InChI is InChI=1S/C6H12.2C2H6.CH5N/c1-5(2)6-3-4-6;3*1-2/h5-6H,3-4H2,1-2H3;2*1-2H3;2H2,1H3. The number of hydrogen-bond donors (Lipinski definition) is 1. The zero-order chi connectivity index (χ0) is 10.6. The van der Waals surface area contributed by atoms with E-state index in [4.69, 9.17) is 0 Å². The maximum atomic E-state index is 4.50. The third-order valence-electron chi connectivity index (χ3n) is 1.56. The average molecular weight is 175 g/mol. The molecule has 12 heavy (non-hydrogen) atoms. The minimum atomic E-state index is 0.963. The molecule has 1 nitrogen and oxygen atoms in total. The highest BCUT2D eigenvalue weighted by molar-refractivity contribution is 4.75. The first kappa shape index (κ1) is 17.9. The van der Waals surface area contributed by atoms with Gasteiger partial charge in [-0.2, -0.15) is 0 Å². The van der Waals surface area contributed by atoms with E-state index in [1.165, 1.54) is 19.9 Å². The fourth-order valence-corrected chi connectivity index (χ4v) is 0.763. The van der Waals surface area contributed by atoms with E-state index in [0.29, 0.717) is 0 Å². The molecule has 1 fully saturated rings. The summed E-state index contributed by atoms with van der Waals surface area (Å²) in [6.45, 7) is 12.6. The summed E-state index contributed by atoms with van der Waals surface area (Å²) >= 11 is 0. The zero-order valence-electron chi connectivity index (χ0n) is 10.1. The highest BCUT2D eigenvalue weighted by Crippen LogP contribution is 2.35. The third-order valence-corrected chi connectivity index (χ3v) is 1.56. The molecule has 0 bridgehead atoms. The molecule has 0 aliphatic heterocycles. The van der Waals surface area contributed by atoms with Crippen LogP contribution in [0.1, 0.15) is 54.4 Å². The lowest BCUT2D eigenvalue weighted by molar-refractivity contribution is 0.563. The smallest absolute Gasteiger partial charge is 0.0195 e. The topological polar surface area (TPSA) is 26.0 Å². The molecular weight excluding hydrogens is 146 g/mol. The van der Waals surface area contributed by atoms with Crippen molar-refractivity contribution in [3.63, 3.8) is 0 Å². The van der Waals surface area contributed by atoms with Gasteiger partial charge in [-0.25, -0.2) is 0 Å². The Hall–Kier alpha value is -0.0400. The van der Waals surface area contributed by atoms with Crippen LogP contribution in [0.5, 0.6) is 0 Å². The molecule has 0 aromatic carbocycles. The summed E-state index contributed by atoms with van der Waals surface area (Å²) in [5.41, 5.74) is 4.50. The Morgan fingerprint density at radius 3 is 1.17 bits per heavy atom. The van der Waals surface area contributed by atoms with Gasteiger partial charge in [-0.15, -0.1) is 0 Å². The largest absolute Gasteiger partial charge is 0.333 e. The van der Waals surface area contributed by atoms with Gasteiger partial charge in [0.1, 0.15) is 0 Å². The summed E-state index contributed by atoms with van der Waals surface area (Å²) < 4.78 is 0. The predicted octanol–water partition coefficient (Wildman–Crippen LogP) is 3.68. The van der Waals surface area contributed by atoms with Crippen LogP contribution in [0.25, 0.3) is 0 Å². The molecule has 0 radical (unpaired) electrons. The second-order valence-corrected chi connectivity index (χ2v) is 2.58. The lowest BCUT2D eigenvalue weighted by Gasteiger charge is -1.94. The van der Waals surface area contributed by atoms with Gasteiger partial charge in [0.2, 0.25) is 0 Å². The Morgan fingerprint density at radius 1 is 0.917 bits per heavy atom. The molecule has 2 N–H and O–H groups in total. The maximum Gasteiger partial charge on any atom is -0.0195 e. The van der Waals surface area contributed by atoms with Gasteiger partial charge in [0.15, 0.2) is 0 Å². The lowest BCUT2D eigenvalue weighted by Crippen LogP contribution is -1.85. The van der Waals surface area contributed by atoms with Crippen molar-refractivity contribution in [3.05, 3.63) is 0 Å². The highest BCUT2D eigenvalue weighted by atomic mass is 14.4. The van der Waals surface area contributed by atoms with Crippen molar-refractivity contribution in [2.24, 2.45) is 17.6 Å². The molecule has 1 heteroatoms. The van der Waals surface area contributed by atoms with Crippen LogP contribution in [-0.2, 0) is 0 Å². The molecule has 1 aliphatic rings. The monoisotopic (exact) mass is 175 g/mol. The van der Waals surface area contributed by atoms with Gasteiger partial charge in [-0.1, -0.05) is 41.5 Å². The van der Waals surface area contributed by atoms with Crippen LogP contribution in [0.4, 0.5) is 0 Å². The van der Waals surface area contributed by atoms with Gasteiger partial charge in [0.25, 0.3) is 0 Å². The van der Waals surface area contributed by atoms with E-state index in [-0.39, 0.29) is 0 Å². The minimum Gasteiger partial charge on any atom is -0.333 e. The first-order valence-corrected chi connectivity index (χ1v) is 5.38. The van der Waals surface area contributed by atoms with Crippen molar-refractivity contribution < 1.29 is 0 Å². The molecule has 1 aliphatic carbocycles. The van der Waals surface area contributed by atoms with Gasteiger partial charge in [-0.3, -0.25) is 0 Å². The molecular formula is C11H29N. The Morgan fingerprint density at radius 2 is 1.17 bits per heavy atom. The van der Waals surface area contributed by atoms with Crippen molar-refractivity contribution in [2.45, 2.75) is 54.4 Å². The van der Waals surface area contributed by atoms with E-state index in [0.717, 1.165) is 11.8 Å². The highest BCUT2D eigenvalue weighted by Gasteiger charge is 2.23. The van der Waals surface area contributed by atoms with Crippen LogP contribution in [0.2, 0.25) is 0 Å². The van der Waals surface area contributed by atoms with Crippen LogP contribution in [0.3, 0.4) is 0 Å². The number of rotatable bonds is 1. The van der Waals surface area contributed by atoms with E-state index in [1.807, 2.05) is 27.7 Å². The van der Waals surface area contributed by atoms with Crippen molar-refractivity contribution in [1.29, 1.82) is 0 Å². The summed E-state index contributed by atoms with van der Waals surface area (Å²) in [7, 11) is 1.50. The Balaban J connectivity index is -0.000000117. The molecule has 0 aromatic rings. The molecule has 0 atom stereocenters. The fraction of sp³-hybridized carbons (Fsp3) is 1.00. The molecule has 1 rings (SSSR count). The normalized spacial score (nSPS) is 12.8. The van der Waals surface area contributed by atoms with Gasteiger partial charge < -0.3 is 5.73 Å². The number of hydrogen-bond acceptors (Lipinski definition) is 1. The molecule has 0 spiro atoms. The lowest BCUT2D eigenvalue weighted by atomic mass is 10.1. The van der Waals surface area contributed by atoms with E-state index < -0.39 is 0 Å². The quantitative estimate of drug-likeness (QED) is 0.646. The average Bonchev–Trinajstić information content (AvgIpc) is 2.97. The third kappa shape index (κ3) is 16.5. The van der Waals surface area contributed by atoms with Gasteiger partial charge >= 0.3 is 0 Å². The van der Waals surface area contributed by atoms with Gasteiger partial charge in [0, 0.05) is 0 Å². The van der Waals surface area contributed by atoms with E-state index >= 15 is 0 Å². The zero-order valence-corrected chi connectivity index (χ0v) is 10.1. The van der Waals surface area contributed by atoms with Crippen LogP contribution in [0, 0.1) is 11.8 Å². The predicted molar refractivity (Wildman–Crippen MR) is 60.4 cm³/mol. The summed E-state index contributed by atoms with van der Waals surface area (Å²) in [4.78, 5) is 0. The molecule has 0 unspecified atom stereocenters. The second-order valence-electron chi connectivity index (χ2n) is 2.58. The maximum absolute atomic E-state index is 4.50. The Kier molecular flexibility index (Phi) is 25.6. The second kappa shape index (κ2) is 17.2. The molecule has 1 saturated carbocycles. The summed E-state index contributed by atoms with van der Waals surface area (Å²) in [5, 5.41) is 0. The van der Waals surface area contributed by atoms with E-state index in [1.54, 1.807) is 0 Å². The van der Waals surface area contributed by atoms with Crippen molar-refractivity contribution in [3.8, 4) is 0 Å². The fourth-order valence-electron chi connectivity index (χ4n) is 0.763. The van der Waals surface area contributed by atoms with Crippen LogP contribution in [-0.4, -0.2) is 7.05 Å². The molecule has 0 heterocycles. The molecule has 0 aromatic heterocycles. The SMILES string of the molecule is CC.CC.CC(C)C1CC1.CN. The summed E-state index contributed by atoms with van der Waals surface area (Å²) in [6, 6.07) is 0. The molecule has 0 saturated heterocycles. The van der Waals surface area contributed by atoms with Gasteiger partial charge in [-0.05, 0) is 31.7 Å². The minimum absolute atomic E-state index is 0.963. The van der Waals surface area contributed by atoms with Crippen LogP contribution >= 0.6 is 0 Å². The van der Waals surface area contributed by atoms with E-state index in [9.17, 15) is 0 Å². The molecule has 0 amide bonds. The Labute approximate surface area is 79.7 Å². The molecule has 78 valence electrons. The Bertz CT molecular complexity index is 47.0. The first-order chi connectivity index (χ1) is 5.80. The summed E-state index contributed by atoms with van der Waals surface area (Å²) in [6.07, 6.45) is 3.00.